The number of methoxy groups -OCH3 is 1. The lowest BCUT2D eigenvalue weighted by Crippen LogP contribution is -2.42. The van der Waals surface area contributed by atoms with Crippen molar-refractivity contribution in [3.05, 3.63) is 29.8 Å². The zero-order valence-corrected chi connectivity index (χ0v) is 16.0. The number of carbonyl (C=O) groups is 1. The van der Waals surface area contributed by atoms with E-state index in [1.54, 1.807) is 19.2 Å². The predicted octanol–water partition coefficient (Wildman–Crippen LogP) is 3.12. The van der Waals surface area contributed by atoms with Crippen LogP contribution >= 0.6 is 0 Å². The first-order chi connectivity index (χ1) is 13.5. The summed E-state index contributed by atoms with van der Waals surface area (Å²) in [7, 11) is 1.75. The molecule has 2 N–H and O–H groups in total. The minimum absolute atomic E-state index is 0.0626. The molecule has 1 saturated carbocycles. The summed E-state index contributed by atoms with van der Waals surface area (Å²) in [6.07, 6.45) is 5.18. The fourth-order valence-corrected chi connectivity index (χ4v) is 4.29. The predicted molar refractivity (Wildman–Crippen MR) is 101 cm³/mol. The average Bonchev–Trinajstić information content (AvgIpc) is 3.09. The zero-order valence-electron chi connectivity index (χ0n) is 16.0. The highest BCUT2D eigenvalue weighted by Gasteiger charge is 2.34. The fourth-order valence-electron chi connectivity index (χ4n) is 4.29. The van der Waals surface area contributed by atoms with E-state index in [0.717, 1.165) is 31.4 Å². The normalized spacial score (nSPS) is 28.1. The second-order valence-corrected chi connectivity index (χ2v) is 7.56. The SMILES string of the molecule is COC1CCC(NC2CC(COC(F)F)N(c3ccc(C(=O)O)cc3)C2)CC1. The third-order valence-corrected chi connectivity index (χ3v) is 5.75. The Labute approximate surface area is 163 Å². The number of aromatic carboxylic acids is 1. The Balaban J connectivity index is 1.64. The molecule has 1 aliphatic carbocycles. The highest BCUT2D eigenvalue weighted by molar-refractivity contribution is 5.88. The molecule has 1 aromatic rings. The van der Waals surface area contributed by atoms with Crippen molar-refractivity contribution in [1.82, 2.24) is 5.32 Å². The van der Waals surface area contributed by atoms with Crippen LogP contribution in [0.25, 0.3) is 0 Å². The van der Waals surface area contributed by atoms with Crippen molar-refractivity contribution < 1.29 is 28.2 Å². The van der Waals surface area contributed by atoms with Gasteiger partial charge in [-0.2, -0.15) is 8.78 Å². The van der Waals surface area contributed by atoms with Gasteiger partial charge in [-0.1, -0.05) is 0 Å². The molecule has 1 aromatic carbocycles. The van der Waals surface area contributed by atoms with Gasteiger partial charge in [0.25, 0.3) is 0 Å². The molecule has 0 amide bonds. The van der Waals surface area contributed by atoms with Gasteiger partial charge in [-0.05, 0) is 56.4 Å². The van der Waals surface area contributed by atoms with Crippen LogP contribution in [0, 0.1) is 0 Å². The smallest absolute Gasteiger partial charge is 0.345 e. The number of carboxylic acids is 1. The van der Waals surface area contributed by atoms with Gasteiger partial charge in [0.15, 0.2) is 0 Å². The molecular formula is C20H28F2N2O4. The van der Waals surface area contributed by atoms with Gasteiger partial charge in [-0.15, -0.1) is 0 Å². The number of nitrogens with one attached hydrogen (secondary N) is 1. The van der Waals surface area contributed by atoms with Gasteiger partial charge >= 0.3 is 12.6 Å². The largest absolute Gasteiger partial charge is 0.478 e. The lowest BCUT2D eigenvalue weighted by atomic mass is 9.92. The number of hydrogen-bond donors (Lipinski definition) is 2. The van der Waals surface area contributed by atoms with Crippen LogP contribution in [0.2, 0.25) is 0 Å². The van der Waals surface area contributed by atoms with Crippen molar-refractivity contribution in [1.29, 1.82) is 0 Å². The summed E-state index contributed by atoms with van der Waals surface area (Å²) >= 11 is 0. The summed E-state index contributed by atoms with van der Waals surface area (Å²) in [5, 5.41) is 12.7. The van der Waals surface area contributed by atoms with E-state index in [1.165, 1.54) is 12.1 Å². The Hall–Kier alpha value is -1.77. The van der Waals surface area contributed by atoms with Crippen LogP contribution in [-0.2, 0) is 9.47 Å². The quantitative estimate of drug-likeness (QED) is 0.701. The summed E-state index contributed by atoms with van der Waals surface area (Å²) in [5.41, 5.74) is 1.02. The van der Waals surface area contributed by atoms with Crippen LogP contribution in [0.4, 0.5) is 14.5 Å². The number of ether oxygens (including phenoxy) is 2. The van der Waals surface area contributed by atoms with E-state index >= 15 is 0 Å². The first kappa shape index (κ1) is 21.0. The number of benzene rings is 1. The van der Waals surface area contributed by atoms with Crippen LogP contribution < -0.4 is 10.2 Å². The van der Waals surface area contributed by atoms with Crippen molar-refractivity contribution in [2.24, 2.45) is 0 Å². The fraction of sp³-hybridized carbons (Fsp3) is 0.650. The molecule has 8 heteroatoms. The number of alkyl halides is 2. The molecule has 0 aromatic heterocycles. The summed E-state index contributed by atoms with van der Waals surface area (Å²) in [6.45, 7) is -2.19. The van der Waals surface area contributed by atoms with Crippen molar-refractivity contribution in [2.45, 2.75) is 62.9 Å². The topological polar surface area (TPSA) is 71.0 Å². The van der Waals surface area contributed by atoms with E-state index in [4.69, 9.17) is 9.84 Å². The Kier molecular flexibility index (Phi) is 7.20. The average molecular weight is 398 g/mol. The second-order valence-electron chi connectivity index (χ2n) is 7.56. The van der Waals surface area contributed by atoms with Gasteiger partial charge in [0.1, 0.15) is 0 Å². The number of hydrogen-bond acceptors (Lipinski definition) is 5. The van der Waals surface area contributed by atoms with Gasteiger partial charge in [-0.25, -0.2) is 4.79 Å². The highest BCUT2D eigenvalue weighted by atomic mass is 19.3. The minimum Gasteiger partial charge on any atom is -0.478 e. The van der Waals surface area contributed by atoms with Gasteiger partial charge in [-0.3, -0.25) is 0 Å². The molecule has 2 aliphatic rings. The molecule has 0 bridgehead atoms. The van der Waals surface area contributed by atoms with Crippen molar-refractivity contribution in [3.8, 4) is 0 Å². The highest BCUT2D eigenvalue weighted by Crippen LogP contribution is 2.29. The van der Waals surface area contributed by atoms with E-state index in [0.29, 0.717) is 25.1 Å². The number of anilines is 1. The summed E-state index contributed by atoms with van der Waals surface area (Å²) < 4.78 is 35.1. The molecule has 2 fully saturated rings. The molecule has 1 saturated heterocycles. The molecule has 3 rings (SSSR count). The van der Waals surface area contributed by atoms with E-state index in [-0.39, 0.29) is 24.3 Å². The maximum atomic E-state index is 12.6. The molecule has 6 nitrogen and oxygen atoms in total. The van der Waals surface area contributed by atoms with Crippen molar-refractivity contribution in [3.63, 3.8) is 0 Å². The van der Waals surface area contributed by atoms with Crippen LogP contribution in [0.3, 0.4) is 0 Å². The Morgan fingerprint density at radius 2 is 1.89 bits per heavy atom. The molecule has 1 aliphatic heterocycles. The Bertz CT molecular complexity index is 636. The van der Waals surface area contributed by atoms with E-state index < -0.39 is 12.6 Å². The summed E-state index contributed by atoms with van der Waals surface area (Å²) in [5.74, 6) is -0.989. The van der Waals surface area contributed by atoms with Crippen molar-refractivity contribution >= 4 is 11.7 Å². The standard InChI is InChI=1S/C20H28F2N2O4/c1-27-18-8-4-14(5-9-18)23-15-10-17(12-28-20(21)22)24(11-15)16-6-2-13(3-7-16)19(25)26/h2-3,6-7,14-15,17-18,20,23H,4-5,8-12H2,1H3,(H,25,26). The van der Waals surface area contributed by atoms with Gasteiger partial charge in [0, 0.05) is 31.4 Å². The van der Waals surface area contributed by atoms with Crippen LogP contribution in [0.15, 0.2) is 24.3 Å². The van der Waals surface area contributed by atoms with Crippen LogP contribution in [0.1, 0.15) is 42.5 Å². The molecule has 2 atom stereocenters. The van der Waals surface area contributed by atoms with Crippen molar-refractivity contribution in [2.75, 3.05) is 25.2 Å². The van der Waals surface area contributed by atoms with Gasteiger partial charge in [0.05, 0.1) is 24.3 Å². The third-order valence-electron chi connectivity index (χ3n) is 5.75. The molecule has 0 radical (unpaired) electrons. The molecule has 28 heavy (non-hydrogen) atoms. The van der Waals surface area contributed by atoms with Gasteiger partial charge < -0.3 is 24.8 Å². The van der Waals surface area contributed by atoms with E-state index in [2.05, 4.69) is 10.1 Å². The third kappa shape index (κ3) is 5.40. The van der Waals surface area contributed by atoms with Crippen LogP contribution in [-0.4, -0.2) is 62.2 Å². The molecule has 1 heterocycles. The number of rotatable bonds is 8. The Morgan fingerprint density at radius 1 is 1.21 bits per heavy atom. The first-order valence-corrected chi connectivity index (χ1v) is 9.75. The molecule has 2 unspecified atom stereocenters. The molecule has 156 valence electrons. The lowest BCUT2D eigenvalue weighted by Gasteiger charge is -2.30. The number of carboxylic acid groups (broad SMARTS) is 1. The summed E-state index contributed by atoms with van der Waals surface area (Å²) in [4.78, 5) is 13.1. The second kappa shape index (κ2) is 9.62. The maximum absolute atomic E-state index is 12.6. The molecular weight excluding hydrogens is 370 g/mol. The first-order valence-electron chi connectivity index (χ1n) is 9.75. The minimum atomic E-state index is -2.80. The number of nitrogens with zero attached hydrogens (tertiary/aromatic N) is 1. The summed E-state index contributed by atoms with van der Waals surface area (Å²) in [6, 6.07) is 6.93. The number of halogens is 2. The zero-order chi connectivity index (χ0) is 20.1. The Morgan fingerprint density at radius 3 is 2.46 bits per heavy atom. The van der Waals surface area contributed by atoms with Gasteiger partial charge in [0.2, 0.25) is 0 Å². The van der Waals surface area contributed by atoms with Crippen LogP contribution in [0.5, 0.6) is 0 Å². The van der Waals surface area contributed by atoms with E-state index in [9.17, 15) is 13.6 Å². The lowest BCUT2D eigenvalue weighted by molar-refractivity contribution is -0.131. The monoisotopic (exact) mass is 398 g/mol. The van der Waals surface area contributed by atoms with E-state index in [1.807, 2.05) is 4.90 Å². The maximum Gasteiger partial charge on any atom is 0.345 e. The molecule has 0 spiro atoms.